The molecule has 0 spiro atoms. The fourth-order valence-corrected chi connectivity index (χ4v) is 4.06. The van der Waals surface area contributed by atoms with Crippen LogP contribution in [0.1, 0.15) is 118 Å². The first-order chi connectivity index (χ1) is 13.2. The van der Waals surface area contributed by atoms with Crippen molar-refractivity contribution in [2.24, 2.45) is 5.41 Å². The standard InChI is InChI=1S/C25H52N2O.HI/c1-7-9-10-11-12-13-14-15-16-17-18-19-20-21-24(28)26-22-25(3,4)23-27(5,6)8-2;/h7-23H2,1-6H3;1H. The number of carbonyl (C=O) groups is 1. The van der Waals surface area contributed by atoms with Gasteiger partial charge in [-0.15, -0.1) is 0 Å². The van der Waals surface area contributed by atoms with E-state index in [1.54, 1.807) is 0 Å². The minimum Gasteiger partial charge on any atom is -1.00 e. The van der Waals surface area contributed by atoms with Crippen molar-refractivity contribution in [3.8, 4) is 0 Å². The second kappa shape index (κ2) is 18.9. The summed E-state index contributed by atoms with van der Waals surface area (Å²) < 4.78 is 1.00. The van der Waals surface area contributed by atoms with Gasteiger partial charge in [0.05, 0.1) is 27.2 Å². The number of hydrogen-bond acceptors (Lipinski definition) is 1. The van der Waals surface area contributed by atoms with Gasteiger partial charge in [0.1, 0.15) is 0 Å². The van der Waals surface area contributed by atoms with Gasteiger partial charge in [0.25, 0.3) is 0 Å². The lowest BCUT2D eigenvalue weighted by atomic mass is 9.91. The summed E-state index contributed by atoms with van der Waals surface area (Å²) in [5.74, 6) is 0.234. The molecule has 0 heterocycles. The van der Waals surface area contributed by atoms with Crippen LogP contribution in [0.3, 0.4) is 0 Å². The molecule has 3 nitrogen and oxygen atoms in total. The molecule has 0 aromatic heterocycles. The largest absolute Gasteiger partial charge is 1.00 e. The van der Waals surface area contributed by atoms with Crippen molar-refractivity contribution in [1.29, 1.82) is 0 Å². The van der Waals surface area contributed by atoms with Gasteiger partial charge in [0, 0.05) is 18.4 Å². The lowest BCUT2D eigenvalue weighted by molar-refractivity contribution is -0.894. The smallest absolute Gasteiger partial charge is 0.220 e. The van der Waals surface area contributed by atoms with E-state index in [0.29, 0.717) is 6.42 Å². The fraction of sp³-hybridized carbons (Fsp3) is 0.960. The van der Waals surface area contributed by atoms with Gasteiger partial charge in [-0.25, -0.2) is 0 Å². The molecule has 0 bridgehead atoms. The van der Waals surface area contributed by atoms with E-state index in [1.807, 2.05) is 0 Å². The van der Waals surface area contributed by atoms with Gasteiger partial charge >= 0.3 is 0 Å². The summed E-state index contributed by atoms with van der Waals surface area (Å²) in [5, 5.41) is 3.16. The number of hydrogen-bond donors (Lipinski definition) is 1. The van der Waals surface area contributed by atoms with E-state index in [1.165, 1.54) is 77.0 Å². The Kier molecular flexibility index (Phi) is 20.4. The van der Waals surface area contributed by atoms with E-state index in [2.05, 4.69) is 47.1 Å². The number of nitrogens with one attached hydrogen (secondary N) is 1. The summed E-state index contributed by atoms with van der Waals surface area (Å²) >= 11 is 0. The zero-order valence-corrected chi connectivity index (χ0v) is 22.9. The minimum atomic E-state index is 0. The van der Waals surface area contributed by atoms with Crippen LogP contribution in [0.5, 0.6) is 0 Å². The highest BCUT2D eigenvalue weighted by Crippen LogP contribution is 2.18. The van der Waals surface area contributed by atoms with Crippen LogP contribution in [0, 0.1) is 5.41 Å². The van der Waals surface area contributed by atoms with E-state index in [-0.39, 0.29) is 35.3 Å². The molecule has 0 fully saturated rings. The predicted octanol–water partition coefficient (Wildman–Crippen LogP) is 3.71. The van der Waals surface area contributed by atoms with Crippen molar-refractivity contribution in [2.45, 2.75) is 118 Å². The van der Waals surface area contributed by atoms with Crippen molar-refractivity contribution in [3.05, 3.63) is 0 Å². The van der Waals surface area contributed by atoms with Crippen molar-refractivity contribution in [1.82, 2.24) is 5.32 Å². The third kappa shape index (κ3) is 21.2. The van der Waals surface area contributed by atoms with Gasteiger partial charge in [0.15, 0.2) is 0 Å². The molecular weight excluding hydrogens is 471 g/mol. The fourth-order valence-electron chi connectivity index (χ4n) is 4.06. The van der Waals surface area contributed by atoms with Crippen LogP contribution in [0.15, 0.2) is 0 Å². The van der Waals surface area contributed by atoms with Crippen LogP contribution in [0.2, 0.25) is 0 Å². The molecular formula is C25H53IN2O. The summed E-state index contributed by atoms with van der Waals surface area (Å²) in [6, 6.07) is 0. The number of amides is 1. The summed E-state index contributed by atoms with van der Waals surface area (Å²) in [7, 11) is 4.52. The average molecular weight is 525 g/mol. The van der Waals surface area contributed by atoms with Gasteiger partial charge in [-0.1, -0.05) is 97.8 Å². The molecule has 1 N–H and O–H groups in total. The molecule has 0 aliphatic carbocycles. The second-order valence-corrected chi connectivity index (χ2v) is 10.3. The summed E-state index contributed by atoms with van der Waals surface area (Å²) in [6.45, 7) is 12.0. The minimum absolute atomic E-state index is 0. The highest BCUT2D eigenvalue weighted by molar-refractivity contribution is 5.75. The SMILES string of the molecule is CCCCCCCCCCCCCCCC(=O)NCC(C)(C)C[N+](C)(C)CC.[I-]. The van der Waals surface area contributed by atoms with Gasteiger partial charge in [-0.2, -0.15) is 0 Å². The Morgan fingerprint density at radius 2 is 1.17 bits per heavy atom. The van der Waals surface area contributed by atoms with Crippen LogP contribution in [-0.2, 0) is 4.79 Å². The Labute approximate surface area is 200 Å². The maximum atomic E-state index is 12.1. The molecule has 0 aromatic carbocycles. The van der Waals surface area contributed by atoms with E-state index in [4.69, 9.17) is 0 Å². The Morgan fingerprint density at radius 3 is 1.59 bits per heavy atom. The Hall–Kier alpha value is 0.160. The molecule has 1 amide bonds. The third-order valence-electron chi connectivity index (χ3n) is 5.98. The van der Waals surface area contributed by atoms with Gasteiger partial charge < -0.3 is 33.8 Å². The zero-order valence-electron chi connectivity index (χ0n) is 20.8. The van der Waals surface area contributed by atoms with E-state index < -0.39 is 0 Å². The Bertz CT molecular complexity index is 383. The van der Waals surface area contributed by atoms with Gasteiger partial charge in [-0.05, 0) is 13.3 Å². The van der Waals surface area contributed by atoms with E-state index >= 15 is 0 Å². The quantitative estimate of drug-likeness (QED) is 0.156. The predicted molar refractivity (Wildman–Crippen MR) is 125 cm³/mol. The Morgan fingerprint density at radius 1 is 0.759 bits per heavy atom. The molecule has 176 valence electrons. The maximum absolute atomic E-state index is 12.1. The lowest BCUT2D eigenvalue weighted by Crippen LogP contribution is -3.00. The molecule has 0 aliphatic rings. The van der Waals surface area contributed by atoms with Crippen molar-refractivity contribution in [2.75, 3.05) is 33.7 Å². The first kappa shape index (κ1) is 31.3. The molecule has 0 saturated heterocycles. The number of quaternary nitrogens is 1. The normalized spacial score (nSPS) is 11.9. The van der Waals surface area contributed by atoms with Crippen LogP contribution < -0.4 is 29.3 Å². The van der Waals surface area contributed by atoms with Crippen LogP contribution in [-0.4, -0.2) is 44.1 Å². The first-order valence-corrected chi connectivity index (χ1v) is 12.3. The highest BCUT2D eigenvalue weighted by atomic mass is 127. The van der Waals surface area contributed by atoms with Gasteiger partial charge in [-0.3, -0.25) is 4.79 Å². The molecule has 29 heavy (non-hydrogen) atoms. The third-order valence-corrected chi connectivity index (χ3v) is 5.98. The summed E-state index contributed by atoms with van der Waals surface area (Å²) in [6.07, 6.45) is 18.2. The van der Waals surface area contributed by atoms with Crippen LogP contribution in [0.25, 0.3) is 0 Å². The topological polar surface area (TPSA) is 29.1 Å². The molecule has 0 aliphatic heterocycles. The van der Waals surface area contributed by atoms with Gasteiger partial charge in [0.2, 0.25) is 5.91 Å². The highest BCUT2D eigenvalue weighted by Gasteiger charge is 2.27. The lowest BCUT2D eigenvalue weighted by Gasteiger charge is -2.36. The van der Waals surface area contributed by atoms with E-state index in [0.717, 1.165) is 30.5 Å². The van der Waals surface area contributed by atoms with Crippen LogP contribution >= 0.6 is 0 Å². The van der Waals surface area contributed by atoms with Crippen molar-refractivity contribution < 1.29 is 33.3 Å². The summed E-state index contributed by atoms with van der Waals surface area (Å²) in [5.41, 5.74) is 0.144. The Balaban J connectivity index is 0. The number of rotatable bonds is 19. The van der Waals surface area contributed by atoms with Crippen molar-refractivity contribution >= 4 is 5.91 Å². The molecule has 0 aromatic rings. The number of unbranched alkanes of at least 4 members (excludes halogenated alkanes) is 12. The molecule has 0 atom stereocenters. The molecule has 0 rings (SSSR count). The molecule has 0 radical (unpaired) electrons. The molecule has 0 unspecified atom stereocenters. The monoisotopic (exact) mass is 524 g/mol. The molecule has 0 saturated carbocycles. The summed E-state index contributed by atoms with van der Waals surface area (Å²) in [4.78, 5) is 12.1. The zero-order chi connectivity index (χ0) is 21.3. The van der Waals surface area contributed by atoms with Crippen LogP contribution in [0.4, 0.5) is 0 Å². The average Bonchev–Trinajstić information content (AvgIpc) is 2.63. The number of nitrogens with zero attached hydrogens (tertiary/aromatic N) is 1. The molecule has 4 heteroatoms. The van der Waals surface area contributed by atoms with E-state index in [9.17, 15) is 4.79 Å². The number of carbonyl (C=O) groups excluding carboxylic acids is 1. The maximum Gasteiger partial charge on any atom is 0.220 e. The number of halogens is 1. The van der Waals surface area contributed by atoms with Crippen molar-refractivity contribution in [3.63, 3.8) is 0 Å². The first-order valence-electron chi connectivity index (χ1n) is 12.3. The second-order valence-electron chi connectivity index (χ2n) is 10.3.